The molecule has 2 aliphatic rings. The third-order valence-electron chi connectivity index (χ3n) is 5.16. The van der Waals surface area contributed by atoms with Gasteiger partial charge < -0.3 is 9.64 Å². The molecule has 1 aromatic heterocycles. The average Bonchev–Trinajstić information content (AvgIpc) is 2.88. The second-order valence-corrected chi connectivity index (χ2v) is 9.09. The highest BCUT2D eigenvalue weighted by Gasteiger charge is 2.45. The molecule has 2 bridgehead atoms. The molecule has 0 aliphatic carbocycles. The van der Waals surface area contributed by atoms with Crippen LogP contribution in [0.25, 0.3) is 10.9 Å². The maximum absolute atomic E-state index is 14.3. The maximum atomic E-state index is 14.3. The van der Waals surface area contributed by atoms with Crippen molar-refractivity contribution in [1.29, 1.82) is 0 Å². The Kier molecular flexibility index (Phi) is 4.98. The molecule has 2 aliphatic heterocycles. The van der Waals surface area contributed by atoms with E-state index in [1.54, 1.807) is 4.90 Å². The van der Waals surface area contributed by atoms with Crippen molar-refractivity contribution in [2.45, 2.75) is 51.3 Å². The zero-order valence-electron chi connectivity index (χ0n) is 16.2. The van der Waals surface area contributed by atoms with Crippen molar-refractivity contribution >= 4 is 46.0 Å². The first-order valence-electron chi connectivity index (χ1n) is 9.32. The molecule has 2 atom stereocenters. The Morgan fingerprint density at radius 1 is 1.14 bits per heavy atom. The molecule has 2 unspecified atom stereocenters. The molecule has 0 spiro atoms. The molecule has 4 rings (SSSR count). The minimum Gasteiger partial charge on any atom is -0.444 e. The van der Waals surface area contributed by atoms with Gasteiger partial charge in [-0.3, -0.25) is 4.90 Å². The molecule has 0 saturated carbocycles. The number of carbonyl (C=O) groups excluding carboxylic acids is 1. The normalized spacial score (nSPS) is 21.8. The standard InChI is InChI=1S/C19H20Cl2F2N4O2/c1-19(2,3)29-18(28)27-9-4-5-10(27)8-26(7-9)16-13-14(20)11(22)6-12(23)15(13)24-17(21)25-16/h6,9-10H,4-5,7-8H2,1-3H3. The summed E-state index contributed by atoms with van der Waals surface area (Å²) in [4.78, 5) is 24.4. The summed E-state index contributed by atoms with van der Waals surface area (Å²) in [6.45, 7) is 6.31. The summed E-state index contributed by atoms with van der Waals surface area (Å²) in [5.41, 5.74) is -0.722. The van der Waals surface area contributed by atoms with Crippen molar-refractivity contribution in [3.8, 4) is 0 Å². The highest BCUT2D eigenvalue weighted by molar-refractivity contribution is 6.37. The number of fused-ring (bicyclic) bond motifs is 3. The highest BCUT2D eigenvalue weighted by Crippen LogP contribution is 2.39. The van der Waals surface area contributed by atoms with Crippen LogP contribution in [0, 0.1) is 11.6 Å². The lowest BCUT2D eigenvalue weighted by molar-refractivity contribution is 0.0123. The van der Waals surface area contributed by atoms with Crippen molar-refractivity contribution in [3.05, 3.63) is 28.0 Å². The van der Waals surface area contributed by atoms with Gasteiger partial charge in [-0.25, -0.2) is 18.6 Å². The average molecular weight is 445 g/mol. The summed E-state index contributed by atoms with van der Waals surface area (Å²) in [6.07, 6.45) is 1.24. The smallest absolute Gasteiger partial charge is 0.410 e. The number of anilines is 1. The fourth-order valence-electron chi connectivity index (χ4n) is 4.08. The summed E-state index contributed by atoms with van der Waals surface area (Å²) in [5.74, 6) is -1.48. The first kappa shape index (κ1) is 20.3. The SMILES string of the molecule is CC(C)(C)OC(=O)N1C2CCC1CN(c1nc(Cl)nc3c(F)cc(F)c(Cl)c13)C2. The van der Waals surface area contributed by atoms with Gasteiger partial charge in [0, 0.05) is 19.2 Å². The number of halogens is 4. The van der Waals surface area contributed by atoms with E-state index < -0.39 is 17.2 Å². The zero-order chi connectivity index (χ0) is 21.1. The molecule has 10 heteroatoms. The molecular weight excluding hydrogens is 425 g/mol. The third kappa shape index (κ3) is 3.68. The van der Waals surface area contributed by atoms with Gasteiger partial charge in [-0.15, -0.1) is 0 Å². The Morgan fingerprint density at radius 2 is 1.76 bits per heavy atom. The lowest BCUT2D eigenvalue weighted by Gasteiger charge is -2.42. The molecule has 156 valence electrons. The quantitative estimate of drug-likeness (QED) is 0.466. The molecule has 1 aromatic carbocycles. The van der Waals surface area contributed by atoms with Gasteiger partial charge >= 0.3 is 6.09 Å². The Balaban J connectivity index is 1.70. The number of amides is 1. The van der Waals surface area contributed by atoms with Crippen molar-refractivity contribution < 1.29 is 18.3 Å². The van der Waals surface area contributed by atoms with Gasteiger partial charge in [0.2, 0.25) is 5.28 Å². The number of hydrogen-bond donors (Lipinski definition) is 0. The summed E-state index contributed by atoms with van der Waals surface area (Å²) in [7, 11) is 0. The van der Waals surface area contributed by atoms with E-state index in [9.17, 15) is 13.6 Å². The number of nitrogens with zero attached hydrogens (tertiary/aromatic N) is 4. The molecule has 6 nitrogen and oxygen atoms in total. The van der Waals surface area contributed by atoms with Gasteiger partial charge in [0.25, 0.3) is 0 Å². The fraction of sp³-hybridized carbons (Fsp3) is 0.526. The highest BCUT2D eigenvalue weighted by atomic mass is 35.5. The summed E-state index contributed by atoms with van der Waals surface area (Å²) >= 11 is 12.1. The largest absolute Gasteiger partial charge is 0.444 e. The van der Waals surface area contributed by atoms with Crippen LogP contribution in [0.5, 0.6) is 0 Å². The van der Waals surface area contributed by atoms with Crippen LogP contribution in [0.15, 0.2) is 6.07 Å². The van der Waals surface area contributed by atoms with Crippen LogP contribution in [0.4, 0.5) is 19.4 Å². The van der Waals surface area contributed by atoms with Gasteiger partial charge in [0.1, 0.15) is 22.8 Å². The van der Waals surface area contributed by atoms with E-state index in [0.29, 0.717) is 19.2 Å². The Bertz CT molecular complexity index is 985. The molecule has 2 saturated heterocycles. The van der Waals surface area contributed by atoms with E-state index in [0.717, 1.165) is 12.8 Å². The maximum Gasteiger partial charge on any atom is 0.410 e. The number of hydrogen-bond acceptors (Lipinski definition) is 5. The molecular formula is C19H20Cl2F2N4O2. The van der Waals surface area contributed by atoms with Gasteiger partial charge in [0.05, 0.1) is 22.5 Å². The monoisotopic (exact) mass is 444 g/mol. The van der Waals surface area contributed by atoms with Gasteiger partial charge in [0.15, 0.2) is 5.82 Å². The third-order valence-corrected chi connectivity index (χ3v) is 5.70. The lowest BCUT2D eigenvalue weighted by Crippen LogP contribution is -2.57. The summed E-state index contributed by atoms with van der Waals surface area (Å²) < 4.78 is 34.0. The molecule has 2 fully saturated rings. The lowest BCUT2D eigenvalue weighted by atomic mass is 10.1. The first-order chi connectivity index (χ1) is 13.5. The Labute approximate surface area is 176 Å². The van der Waals surface area contributed by atoms with Crippen molar-refractivity contribution in [1.82, 2.24) is 14.9 Å². The number of carbonyl (C=O) groups is 1. The number of piperazine rings is 1. The van der Waals surface area contributed by atoms with Crippen LogP contribution in [-0.4, -0.2) is 51.7 Å². The molecule has 0 radical (unpaired) electrons. The van der Waals surface area contributed by atoms with E-state index >= 15 is 0 Å². The van der Waals surface area contributed by atoms with E-state index in [-0.39, 0.29) is 45.2 Å². The number of rotatable bonds is 1. The molecule has 29 heavy (non-hydrogen) atoms. The molecule has 0 N–H and O–H groups in total. The zero-order valence-corrected chi connectivity index (χ0v) is 17.7. The topological polar surface area (TPSA) is 58.6 Å². The fourth-order valence-corrected chi connectivity index (χ4v) is 4.47. The van der Waals surface area contributed by atoms with Crippen LogP contribution in [0.3, 0.4) is 0 Å². The molecule has 2 aromatic rings. The van der Waals surface area contributed by atoms with Crippen molar-refractivity contribution in [3.63, 3.8) is 0 Å². The van der Waals surface area contributed by atoms with Crippen LogP contribution in [0.1, 0.15) is 33.6 Å². The van der Waals surface area contributed by atoms with E-state index in [2.05, 4.69) is 9.97 Å². The van der Waals surface area contributed by atoms with Gasteiger partial charge in [-0.05, 0) is 45.2 Å². The minimum absolute atomic E-state index is 0.0821. The van der Waals surface area contributed by atoms with Crippen LogP contribution >= 0.6 is 23.2 Å². The second kappa shape index (κ2) is 7.09. The second-order valence-electron chi connectivity index (χ2n) is 8.37. The Hall–Kier alpha value is -1.93. The number of ether oxygens (including phenoxy) is 1. The van der Waals surface area contributed by atoms with Crippen LogP contribution in [0.2, 0.25) is 10.3 Å². The Morgan fingerprint density at radius 3 is 2.34 bits per heavy atom. The summed E-state index contributed by atoms with van der Waals surface area (Å²) in [6, 6.07) is 0.469. The van der Waals surface area contributed by atoms with Crippen molar-refractivity contribution in [2.24, 2.45) is 0 Å². The van der Waals surface area contributed by atoms with Gasteiger partial charge in [-0.1, -0.05) is 11.6 Å². The summed E-state index contributed by atoms with van der Waals surface area (Å²) in [5, 5.41) is -0.329. The van der Waals surface area contributed by atoms with Crippen LogP contribution in [-0.2, 0) is 4.74 Å². The van der Waals surface area contributed by atoms with E-state index in [1.807, 2.05) is 25.7 Å². The first-order valence-corrected chi connectivity index (χ1v) is 10.1. The predicted octanol–water partition coefficient (Wildman–Crippen LogP) is 4.80. The minimum atomic E-state index is -0.890. The molecule has 1 amide bonds. The molecule has 3 heterocycles. The van der Waals surface area contributed by atoms with E-state index in [4.69, 9.17) is 27.9 Å². The number of aromatic nitrogens is 2. The predicted molar refractivity (Wildman–Crippen MR) is 107 cm³/mol. The van der Waals surface area contributed by atoms with Crippen molar-refractivity contribution in [2.75, 3.05) is 18.0 Å². The van der Waals surface area contributed by atoms with Gasteiger partial charge in [-0.2, -0.15) is 4.98 Å². The number of benzene rings is 1. The van der Waals surface area contributed by atoms with E-state index in [1.165, 1.54) is 0 Å². The van der Waals surface area contributed by atoms with Crippen LogP contribution < -0.4 is 4.90 Å².